The summed E-state index contributed by atoms with van der Waals surface area (Å²) in [7, 11) is 0. The quantitative estimate of drug-likeness (QED) is 0.743. The van der Waals surface area contributed by atoms with Crippen LogP contribution in [-0.2, 0) is 16.0 Å². The van der Waals surface area contributed by atoms with Crippen molar-refractivity contribution in [2.75, 3.05) is 0 Å². The Kier molecular flexibility index (Phi) is 5.80. The molecule has 7 nitrogen and oxygen atoms in total. The van der Waals surface area contributed by atoms with Crippen LogP contribution in [0, 0.1) is 0 Å². The van der Waals surface area contributed by atoms with Crippen molar-refractivity contribution < 1.29 is 23.8 Å². The largest absolute Gasteiger partial charge is 0.481 e. The first-order valence-electron chi connectivity index (χ1n) is 8.08. The smallest absolute Gasteiger partial charge is 0.336 e. The Labute approximate surface area is 144 Å². The second-order valence-corrected chi connectivity index (χ2v) is 5.83. The van der Waals surface area contributed by atoms with E-state index in [1.54, 1.807) is 18.2 Å². The van der Waals surface area contributed by atoms with Gasteiger partial charge in [0.15, 0.2) is 6.10 Å². The molecule has 1 aromatic carbocycles. The van der Waals surface area contributed by atoms with Crippen LogP contribution in [0.3, 0.4) is 0 Å². The summed E-state index contributed by atoms with van der Waals surface area (Å²) in [6.07, 6.45) is 0.758. The molecule has 1 amide bonds. The predicted octanol–water partition coefficient (Wildman–Crippen LogP) is 2.10. The average molecular weight is 347 g/mol. The molecule has 2 aromatic rings. The van der Waals surface area contributed by atoms with Crippen LogP contribution in [0.4, 0.5) is 0 Å². The second kappa shape index (κ2) is 7.83. The van der Waals surface area contributed by atoms with Gasteiger partial charge in [0.1, 0.15) is 17.4 Å². The maximum absolute atomic E-state index is 11.9. The summed E-state index contributed by atoms with van der Waals surface area (Å²) >= 11 is 0. The molecule has 0 aliphatic rings. The number of aliphatic carboxylic acids is 1. The van der Waals surface area contributed by atoms with Crippen molar-refractivity contribution in [2.45, 2.75) is 45.8 Å². The van der Waals surface area contributed by atoms with Gasteiger partial charge in [-0.3, -0.25) is 9.59 Å². The Bertz CT molecular complexity index is 841. The molecule has 0 spiro atoms. The van der Waals surface area contributed by atoms with E-state index in [-0.39, 0.29) is 0 Å². The Morgan fingerprint density at radius 2 is 2.00 bits per heavy atom. The molecule has 2 rings (SSSR count). The zero-order chi connectivity index (χ0) is 18.6. The van der Waals surface area contributed by atoms with Crippen molar-refractivity contribution in [1.29, 1.82) is 0 Å². The van der Waals surface area contributed by atoms with E-state index in [0.717, 1.165) is 23.8 Å². The zero-order valence-corrected chi connectivity index (χ0v) is 14.4. The summed E-state index contributed by atoms with van der Waals surface area (Å²) in [5, 5.41) is 12.0. The zero-order valence-electron chi connectivity index (χ0n) is 14.4. The molecule has 0 unspecified atom stereocenters. The van der Waals surface area contributed by atoms with Gasteiger partial charge in [-0.1, -0.05) is 13.3 Å². The second-order valence-electron chi connectivity index (χ2n) is 5.83. The monoisotopic (exact) mass is 347 g/mol. The number of benzene rings is 1. The van der Waals surface area contributed by atoms with E-state index in [4.69, 9.17) is 14.3 Å². The van der Waals surface area contributed by atoms with Gasteiger partial charge < -0.3 is 19.6 Å². The Morgan fingerprint density at radius 1 is 1.28 bits per heavy atom. The van der Waals surface area contributed by atoms with Crippen molar-refractivity contribution in [3.8, 4) is 5.75 Å². The van der Waals surface area contributed by atoms with Crippen LogP contribution in [0.1, 0.15) is 32.8 Å². The molecule has 0 bridgehead atoms. The van der Waals surface area contributed by atoms with E-state index in [2.05, 4.69) is 5.32 Å². The van der Waals surface area contributed by atoms with Crippen LogP contribution in [0.2, 0.25) is 0 Å². The summed E-state index contributed by atoms with van der Waals surface area (Å²) in [6.45, 7) is 4.90. The van der Waals surface area contributed by atoms with Crippen LogP contribution >= 0.6 is 0 Å². The first kappa shape index (κ1) is 18.5. The maximum atomic E-state index is 11.9. The van der Waals surface area contributed by atoms with Gasteiger partial charge in [0, 0.05) is 17.5 Å². The van der Waals surface area contributed by atoms with Crippen molar-refractivity contribution in [1.82, 2.24) is 5.32 Å². The van der Waals surface area contributed by atoms with Crippen molar-refractivity contribution >= 4 is 22.8 Å². The fourth-order valence-corrected chi connectivity index (χ4v) is 2.41. The lowest BCUT2D eigenvalue weighted by molar-refractivity contribution is -0.142. The molecule has 1 aromatic heterocycles. The Balaban J connectivity index is 2.20. The summed E-state index contributed by atoms with van der Waals surface area (Å²) in [5.41, 5.74) is 0.857. The lowest BCUT2D eigenvalue weighted by Crippen LogP contribution is -2.44. The summed E-state index contributed by atoms with van der Waals surface area (Å²) in [5.74, 6) is -1.32. The number of ether oxygens (including phenoxy) is 1. The fourth-order valence-electron chi connectivity index (χ4n) is 2.41. The lowest BCUT2D eigenvalue weighted by Gasteiger charge is -2.17. The molecule has 0 radical (unpaired) electrons. The lowest BCUT2D eigenvalue weighted by atomic mass is 10.1. The van der Waals surface area contributed by atoms with E-state index >= 15 is 0 Å². The number of amides is 1. The van der Waals surface area contributed by atoms with Gasteiger partial charge in [-0.05, 0) is 38.0 Å². The molecule has 7 heteroatoms. The molecule has 0 saturated carbocycles. The Morgan fingerprint density at radius 3 is 2.64 bits per heavy atom. The van der Waals surface area contributed by atoms with Crippen LogP contribution in [0.15, 0.2) is 33.5 Å². The molecule has 134 valence electrons. The van der Waals surface area contributed by atoms with Gasteiger partial charge in [0.2, 0.25) is 0 Å². The van der Waals surface area contributed by atoms with Gasteiger partial charge in [0.25, 0.3) is 5.91 Å². The van der Waals surface area contributed by atoms with Crippen LogP contribution in [-0.4, -0.2) is 29.1 Å². The minimum Gasteiger partial charge on any atom is -0.481 e. The first-order chi connectivity index (χ1) is 11.8. The number of rotatable bonds is 7. The third-order valence-corrected chi connectivity index (χ3v) is 3.73. The number of carbonyl (C=O) groups is 2. The maximum Gasteiger partial charge on any atom is 0.336 e. The fraction of sp³-hybridized carbons (Fsp3) is 0.389. The molecule has 2 atom stereocenters. The minimum absolute atomic E-state index is 0.356. The SMILES string of the molecule is CCCc1cc(=O)oc2cc(O[C@H](C)C(=O)N[C@@H](C)C(=O)O)ccc12. The molecule has 0 fully saturated rings. The molecule has 25 heavy (non-hydrogen) atoms. The molecule has 2 N–H and O–H groups in total. The van der Waals surface area contributed by atoms with Crippen molar-refractivity contribution in [3.63, 3.8) is 0 Å². The number of aryl methyl sites for hydroxylation is 1. The van der Waals surface area contributed by atoms with Gasteiger partial charge in [-0.15, -0.1) is 0 Å². The highest BCUT2D eigenvalue weighted by Gasteiger charge is 2.20. The summed E-state index contributed by atoms with van der Waals surface area (Å²) < 4.78 is 10.8. The van der Waals surface area contributed by atoms with Gasteiger partial charge in [-0.25, -0.2) is 4.79 Å². The Hall–Kier alpha value is -2.83. The summed E-state index contributed by atoms with van der Waals surface area (Å²) in [6, 6.07) is 5.50. The molecule has 0 aliphatic carbocycles. The minimum atomic E-state index is -1.13. The van der Waals surface area contributed by atoms with Gasteiger partial charge in [0.05, 0.1) is 0 Å². The van der Waals surface area contributed by atoms with Crippen LogP contribution in [0.25, 0.3) is 11.0 Å². The highest BCUT2D eigenvalue weighted by atomic mass is 16.5. The third kappa shape index (κ3) is 4.59. The first-order valence-corrected chi connectivity index (χ1v) is 8.08. The van der Waals surface area contributed by atoms with E-state index in [0.29, 0.717) is 11.3 Å². The number of fused-ring (bicyclic) bond motifs is 1. The highest BCUT2D eigenvalue weighted by Crippen LogP contribution is 2.24. The van der Waals surface area contributed by atoms with Gasteiger partial charge >= 0.3 is 11.6 Å². The number of hydrogen-bond acceptors (Lipinski definition) is 5. The van der Waals surface area contributed by atoms with Crippen LogP contribution in [0.5, 0.6) is 5.75 Å². The molecular formula is C18H21NO6. The van der Waals surface area contributed by atoms with Crippen LogP contribution < -0.4 is 15.7 Å². The summed E-state index contributed by atoms with van der Waals surface area (Å²) in [4.78, 5) is 34.4. The number of nitrogens with one attached hydrogen (secondary N) is 1. The molecule has 1 heterocycles. The standard InChI is InChI=1S/C18H21NO6/c1-4-5-12-8-16(20)25-15-9-13(6-7-14(12)15)24-11(3)17(21)19-10(2)18(22)23/h6-11H,4-5H2,1-3H3,(H,19,21)(H,22,23)/t10-,11+/m0/s1. The highest BCUT2D eigenvalue weighted by molar-refractivity contribution is 5.86. The number of carbonyl (C=O) groups excluding carboxylic acids is 1. The number of carboxylic acids is 1. The van der Waals surface area contributed by atoms with Crippen molar-refractivity contribution in [2.24, 2.45) is 0 Å². The normalized spacial score (nSPS) is 13.2. The predicted molar refractivity (Wildman–Crippen MR) is 91.8 cm³/mol. The average Bonchev–Trinajstić information content (AvgIpc) is 2.54. The molecule has 0 aliphatic heterocycles. The number of carboxylic acid groups (broad SMARTS) is 1. The number of hydrogen-bond donors (Lipinski definition) is 2. The molecular weight excluding hydrogens is 326 g/mol. The third-order valence-electron chi connectivity index (χ3n) is 3.73. The van der Waals surface area contributed by atoms with Crippen molar-refractivity contribution in [3.05, 3.63) is 40.2 Å². The van der Waals surface area contributed by atoms with E-state index in [9.17, 15) is 14.4 Å². The van der Waals surface area contributed by atoms with E-state index in [1.165, 1.54) is 19.9 Å². The molecule has 0 saturated heterocycles. The topological polar surface area (TPSA) is 106 Å². The van der Waals surface area contributed by atoms with E-state index < -0.39 is 29.6 Å². The van der Waals surface area contributed by atoms with E-state index in [1.807, 2.05) is 6.92 Å². The van der Waals surface area contributed by atoms with Gasteiger partial charge in [-0.2, -0.15) is 0 Å².